The monoisotopic (exact) mass is 242 g/mol. The van der Waals surface area contributed by atoms with E-state index < -0.39 is 0 Å². The minimum absolute atomic E-state index is 0.562. The van der Waals surface area contributed by atoms with Gasteiger partial charge in [0, 0.05) is 0 Å². The van der Waals surface area contributed by atoms with Gasteiger partial charge in [-0.1, -0.05) is 0 Å². The summed E-state index contributed by atoms with van der Waals surface area (Å²) in [4.78, 5) is 1.36. The molecule has 0 fully saturated rings. The number of furan rings is 2. The third-order valence-corrected chi connectivity index (χ3v) is 3.11. The predicted octanol–water partition coefficient (Wildman–Crippen LogP) is 3.86. The lowest BCUT2D eigenvalue weighted by atomic mass is 10.4. The second kappa shape index (κ2) is 3.90. The molecule has 80 valence electrons. The van der Waals surface area contributed by atoms with Crippen LogP contribution in [0, 0.1) is 13.8 Å². The van der Waals surface area contributed by atoms with Crippen LogP contribution in [0.25, 0.3) is 0 Å². The number of aryl methyl sites for hydroxylation is 2. The van der Waals surface area contributed by atoms with Gasteiger partial charge in [-0.25, -0.2) is 0 Å². The Bertz CT molecular complexity index is 441. The van der Waals surface area contributed by atoms with Crippen LogP contribution in [-0.2, 0) is 0 Å². The molecule has 2 rings (SSSR count). The second-order valence-electron chi connectivity index (χ2n) is 3.11. The van der Waals surface area contributed by atoms with Gasteiger partial charge in [0.25, 0.3) is 0 Å². The van der Waals surface area contributed by atoms with Crippen LogP contribution in [0.15, 0.2) is 31.2 Å². The number of hydrogen-bond acceptors (Lipinski definition) is 5. The third-order valence-electron chi connectivity index (χ3n) is 2.04. The average Bonchev–Trinajstić information content (AvgIpc) is 2.68. The van der Waals surface area contributed by atoms with Crippen molar-refractivity contribution in [3.8, 4) is 11.5 Å². The van der Waals surface area contributed by atoms with Gasteiger partial charge in [-0.3, -0.25) is 0 Å². The molecule has 0 saturated carbocycles. The molecule has 0 bridgehead atoms. The smallest absolute Gasteiger partial charge is 0.179 e. The maximum atomic E-state index is 5.54. The largest absolute Gasteiger partial charge is 0.464 e. The van der Waals surface area contributed by atoms with Crippen LogP contribution in [0.1, 0.15) is 11.5 Å². The molecule has 0 N–H and O–H groups in total. The van der Waals surface area contributed by atoms with Crippen LogP contribution in [0.4, 0.5) is 0 Å². The van der Waals surface area contributed by atoms with Crippen LogP contribution >= 0.6 is 25.3 Å². The van der Waals surface area contributed by atoms with Crippen molar-refractivity contribution in [2.45, 2.75) is 23.6 Å². The Morgan fingerprint density at radius 1 is 0.933 bits per heavy atom. The first-order valence-electron chi connectivity index (χ1n) is 4.31. The number of ether oxygens (including phenoxy) is 1. The van der Waals surface area contributed by atoms with E-state index in [0.717, 1.165) is 0 Å². The Labute approximate surface area is 98.2 Å². The van der Waals surface area contributed by atoms with E-state index in [1.807, 2.05) is 13.8 Å². The summed E-state index contributed by atoms with van der Waals surface area (Å²) >= 11 is 8.52. The van der Waals surface area contributed by atoms with Crippen LogP contribution in [0.3, 0.4) is 0 Å². The van der Waals surface area contributed by atoms with Crippen molar-refractivity contribution >= 4 is 25.3 Å². The molecular weight excluding hydrogens is 232 g/mol. The predicted molar refractivity (Wildman–Crippen MR) is 61.5 cm³/mol. The molecule has 15 heavy (non-hydrogen) atoms. The first kappa shape index (κ1) is 10.6. The van der Waals surface area contributed by atoms with E-state index >= 15 is 0 Å². The molecule has 0 aromatic carbocycles. The van der Waals surface area contributed by atoms with Crippen molar-refractivity contribution in [2.75, 3.05) is 0 Å². The standard InChI is InChI=1S/C10H10O3S2/c1-5-9(14)7(3-11-5)13-8-4-12-6(2)10(8)15/h3-4,14-15H,1-2H3. The maximum Gasteiger partial charge on any atom is 0.179 e. The zero-order valence-corrected chi connectivity index (χ0v) is 10.1. The van der Waals surface area contributed by atoms with E-state index in [0.29, 0.717) is 32.8 Å². The highest BCUT2D eigenvalue weighted by atomic mass is 32.1. The van der Waals surface area contributed by atoms with Crippen LogP contribution in [0.5, 0.6) is 11.5 Å². The normalized spacial score (nSPS) is 10.7. The molecule has 0 atom stereocenters. The fraction of sp³-hybridized carbons (Fsp3) is 0.200. The van der Waals surface area contributed by atoms with E-state index in [-0.39, 0.29) is 0 Å². The molecule has 2 aromatic heterocycles. The summed E-state index contributed by atoms with van der Waals surface area (Å²) in [5.41, 5.74) is 0. The molecule has 0 spiro atoms. The highest BCUT2D eigenvalue weighted by molar-refractivity contribution is 7.80. The van der Waals surface area contributed by atoms with Crippen molar-refractivity contribution in [3.05, 3.63) is 24.0 Å². The Morgan fingerprint density at radius 3 is 1.60 bits per heavy atom. The molecule has 5 heteroatoms. The molecule has 0 unspecified atom stereocenters. The summed E-state index contributed by atoms with van der Waals surface area (Å²) in [6.45, 7) is 3.63. The molecule has 0 aliphatic rings. The van der Waals surface area contributed by atoms with Gasteiger partial charge in [0.15, 0.2) is 11.5 Å². The number of rotatable bonds is 2. The van der Waals surface area contributed by atoms with Crippen LogP contribution in [-0.4, -0.2) is 0 Å². The van der Waals surface area contributed by atoms with Crippen molar-refractivity contribution < 1.29 is 13.6 Å². The number of thiol groups is 2. The van der Waals surface area contributed by atoms with Gasteiger partial charge in [-0.2, -0.15) is 0 Å². The van der Waals surface area contributed by atoms with Gasteiger partial charge in [0.05, 0.1) is 9.79 Å². The Hall–Kier alpha value is -0.940. The molecular formula is C10H10O3S2. The SMILES string of the molecule is Cc1occ(Oc2coc(C)c2S)c1S. The highest BCUT2D eigenvalue weighted by Gasteiger charge is 2.13. The zero-order chi connectivity index (χ0) is 11.0. The van der Waals surface area contributed by atoms with E-state index in [1.165, 1.54) is 12.5 Å². The first-order chi connectivity index (χ1) is 7.09. The van der Waals surface area contributed by atoms with E-state index in [2.05, 4.69) is 25.3 Å². The Kier molecular flexibility index (Phi) is 2.75. The molecule has 0 radical (unpaired) electrons. The fourth-order valence-electron chi connectivity index (χ4n) is 1.12. The summed E-state index contributed by atoms with van der Waals surface area (Å²) in [7, 11) is 0. The van der Waals surface area contributed by atoms with Gasteiger partial charge in [0.2, 0.25) is 0 Å². The molecule has 2 heterocycles. The lowest BCUT2D eigenvalue weighted by Crippen LogP contribution is -1.81. The average molecular weight is 242 g/mol. The van der Waals surface area contributed by atoms with Crippen LogP contribution in [0.2, 0.25) is 0 Å². The highest BCUT2D eigenvalue weighted by Crippen LogP contribution is 2.36. The third kappa shape index (κ3) is 1.89. The summed E-state index contributed by atoms with van der Waals surface area (Å²) in [6.07, 6.45) is 3.01. The summed E-state index contributed by atoms with van der Waals surface area (Å²) < 4.78 is 15.9. The minimum Gasteiger partial charge on any atom is -0.464 e. The van der Waals surface area contributed by atoms with Gasteiger partial charge in [-0.05, 0) is 13.8 Å². The van der Waals surface area contributed by atoms with Gasteiger partial charge in [0.1, 0.15) is 24.0 Å². The molecule has 2 aromatic rings. The minimum atomic E-state index is 0.562. The molecule has 0 saturated heterocycles. The van der Waals surface area contributed by atoms with Crippen molar-refractivity contribution in [1.82, 2.24) is 0 Å². The lowest BCUT2D eigenvalue weighted by Gasteiger charge is -2.00. The Morgan fingerprint density at radius 2 is 1.33 bits per heavy atom. The Balaban J connectivity index is 2.29. The summed E-state index contributed by atoms with van der Waals surface area (Å²) in [5.74, 6) is 2.56. The van der Waals surface area contributed by atoms with Gasteiger partial charge >= 0.3 is 0 Å². The van der Waals surface area contributed by atoms with Crippen molar-refractivity contribution in [3.63, 3.8) is 0 Å². The fourth-order valence-corrected chi connectivity index (χ4v) is 1.42. The maximum absolute atomic E-state index is 5.54. The van der Waals surface area contributed by atoms with Crippen LogP contribution < -0.4 is 4.74 Å². The van der Waals surface area contributed by atoms with E-state index in [1.54, 1.807) is 0 Å². The zero-order valence-electron chi connectivity index (χ0n) is 8.27. The summed E-state index contributed by atoms with van der Waals surface area (Å²) in [5, 5.41) is 0. The van der Waals surface area contributed by atoms with Gasteiger partial charge in [-0.15, -0.1) is 25.3 Å². The number of hydrogen-bond donors (Lipinski definition) is 2. The van der Waals surface area contributed by atoms with Gasteiger partial charge < -0.3 is 13.6 Å². The summed E-state index contributed by atoms with van der Waals surface area (Å²) in [6, 6.07) is 0. The van der Waals surface area contributed by atoms with Crippen molar-refractivity contribution in [2.24, 2.45) is 0 Å². The van der Waals surface area contributed by atoms with E-state index in [4.69, 9.17) is 13.6 Å². The molecule has 0 aliphatic carbocycles. The molecule has 0 amide bonds. The first-order valence-corrected chi connectivity index (χ1v) is 5.21. The lowest BCUT2D eigenvalue weighted by molar-refractivity contribution is 0.443. The molecule has 3 nitrogen and oxygen atoms in total. The topological polar surface area (TPSA) is 35.5 Å². The van der Waals surface area contributed by atoms with E-state index in [9.17, 15) is 0 Å². The molecule has 0 aliphatic heterocycles. The quantitative estimate of drug-likeness (QED) is 0.785. The van der Waals surface area contributed by atoms with Crippen molar-refractivity contribution in [1.29, 1.82) is 0 Å². The second-order valence-corrected chi connectivity index (χ2v) is 4.01.